The molecule has 0 atom stereocenters. The second-order valence-corrected chi connectivity index (χ2v) is 11.0. The smallest absolute Gasteiger partial charge is 0.276 e. The number of aryl methyl sites for hydroxylation is 3. The molecule has 4 rings (SSSR count). The van der Waals surface area contributed by atoms with Crippen molar-refractivity contribution in [3.8, 4) is 0 Å². The molecule has 10 heteroatoms. The van der Waals surface area contributed by atoms with Crippen molar-refractivity contribution in [2.24, 2.45) is 12.0 Å². The number of hydrogen-bond acceptors (Lipinski definition) is 6. The summed E-state index contributed by atoms with van der Waals surface area (Å²) in [4.78, 5) is 20.1. The van der Waals surface area contributed by atoms with Crippen LogP contribution >= 0.6 is 11.8 Å². The number of benzene rings is 1. The van der Waals surface area contributed by atoms with Crippen molar-refractivity contribution in [3.63, 3.8) is 0 Å². The number of thioether (sulfide) groups is 1. The van der Waals surface area contributed by atoms with E-state index >= 15 is 0 Å². The summed E-state index contributed by atoms with van der Waals surface area (Å²) in [6.45, 7) is 5.94. The van der Waals surface area contributed by atoms with Gasteiger partial charge in [0.25, 0.3) is 5.91 Å². The van der Waals surface area contributed by atoms with E-state index in [2.05, 4.69) is 0 Å². The van der Waals surface area contributed by atoms with Crippen LogP contribution in [0.5, 0.6) is 0 Å². The molecule has 0 N–H and O–H groups in total. The van der Waals surface area contributed by atoms with Crippen molar-refractivity contribution >= 4 is 38.5 Å². The van der Waals surface area contributed by atoms with Crippen molar-refractivity contribution < 1.29 is 17.9 Å². The van der Waals surface area contributed by atoms with Crippen LogP contribution in [0.4, 0.5) is 5.69 Å². The van der Waals surface area contributed by atoms with E-state index in [0.717, 1.165) is 29.0 Å². The Morgan fingerprint density at radius 2 is 1.81 bits per heavy atom. The first-order valence-electron chi connectivity index (χ1n) is 10.6. The molecule has 1 aromatic carbocycles. The number of nitrogens with zero attached hydrogens (tertiary/aromatic N) is 4. The van der Waals surface area contributed by atoms with E-state index in [1.165, 1.54) is 16.6 Å². The molecule has 2 aliphatic heterocycles. The minimum Gasteiger partial charge on any atom is -0.379 e. The molecule has 2 saturated heterocycles. The van der Waals surface area contributed by atoms with Gasteiger partial charge in [0, 0.05) is 38.6 Å². The van der Waals surface area contributed by atoms with Crippen LogP contribution in [0.3, 0.4) is 0 Å². The molecule has 2 aliphatic rings. The predicted octanol–water partition coefficient (Wildman–Crippen LogP) is 2.93. The number of para-hydroxylation sites is 1. The molecule has 172 valence electrons. The van der Waals surface area contributed by atoms with Gasteiger partial charge >= 0.3 is 0 Å². The van der Waals surface area contributed by atoms with Gasteiger partial charge in [0.1, 0.15) is 10.6 Å². The Balaban J connectivity index is 1.65. The summed E-state index contributed by atoms with van der Waals surface area (Å²) in [7, 11) is -1.98. The van der Waals surface area contributed by atoms with Gasteiger partial charge in [-0.1, -0.05) is 30.0 Å². The number of rotatable bonds is 4. The summed E-state index contributed by atoms with van der Waals surface area (Å²) in [6.07, 6.45) is 2.36. The largest absolute Gasteiger partial charge is 0.379 e. The zero-order valence-electron chi connectivity index (χ0n) is 18.6. The van der Waals surface area contributed by atoms with E-state index in [1.807, 2.05) is 32.0 Å². The van der Waals surface area contributed by atoms with Crippen molar-refractivity contribution in [2.75, 3.05) is 38.6 Å². The summed E-state index contributed by atoms with van der Waals surface area (Å²) in [6, 6.07) is 7.48. The van der Waals surface area contributed by atoms with Gasteiger partial charge in [0.05, 0.1) is 18.9 Å². The molecule has 0 spiro atoms. The Hall–Kier alpha value is -2.14. The average molecular weight is 477 g/mol. The summed E-state index contributed by atoms with van der Waals surface area (Å²) in [5.41, 5.74) is 3.30. The lowest BCUT2D eigenvalue weighted by Crippen LogP contribution is -2.40. The third kappa shape index (κ3) is 4.50. The quantitative estimate of drug-likeness (QED) is 0.678. The van der Waals surface area contributed by atoms with Crippen molar-refractivity contribution in [3.05, 3.63) is 47.3 Å². The number of carbonyl (C=O) groups excluding carboxylic acids is 1. The lowest BCUT2D eigenvalue weighted by molar-refractivity contribution is 0.0730. The lowest BCUT2D eigenvalue weighted by atomic mass is 10.1. The first-order chi connectivity index (χ1) is 15.3. The van der Waals surface area contributed by atoms with Gasteiger partial charge in [-0.05, 0) is 37.5 Å². The SMILES string of the molecule is Cc1cccc(C)c1N=C1SCCCN1C(=O)c1cc(S(=O)(=O)N2CCOCC2)cn1C. The maximum Gasteiger partial charge on any atom is 0.276 e. The number of sulfonamides is 1. The Labute approximate surface area is 193 Å². The van der Waals surface area contributed by atoms with Gasteiger partial charge in [-0.3, -0.25) is 9.69 Å². The molecular weight excluding hydrogens is 448 g/mol. The molecule has 0 radical (unpaired) electrons. The Kier molecular flexibility index (Phi) is 6.75. The highest BCUT2D eigenvalue weighted by molar-refractivity contribution is 8.13. The monoisotopic (exact) mass is 476 g/mol. The first kappa shape index (κ1) is 23.0. The minimum absolute atomic E-state index is 0.128. The van der Waals surface area contributed by atoms with E-state index < -0.39 is 10.0 Å². The molecule has 0 unspecified atom stereocenters. The molecular formula is C22H28N4O4S2. The highest BCUT2D eigenvalue weighted by atomic mass is 32.2. The van der Waals surface area contributed by atoms with Crippen molar-refractivity contribution in [1.29, 1.82) is 0 Å². The van der Waals surface area contributed by atoms with E-state index in [0.29, 0.717) is 43.7 Å². The zero-order chi connectivity index (χ0) is 22.9. The molecule has 2 aromatic rings. The summed E-state index contributed by atoms with van der Waals surface area (Å²) < 4.78 is 34.3. The van der Waals surface area contributed by atoms with Crippen molar-refractivity contribution in [1.82, 2.24) is 13.8 Å². The minimum atomic E-state index is -3.67. The van der Waals surface area contributed by atoms with E-state index in [4.69, 9.17) is 9.73 Å². The summed E-state index contributed by atoms with van der Waals surface area (Å²) in [5.74, 6) is 0.644. The van der Waals surface area contributed by atoms with Crippen LogP contribution in [0, 0.1) is 13.8 Å². The van der Waals surface area contributed by atoms with Crippen LogP contribution in [-0.2, 0) is 21.8 Å². The van der Waals surface area contributed by atoms with Crippen LogP contribution in [0.2, 0.25) is 0 Å². The number of aromatic nitrogens is 1. The normalized spacial score (nSPS) is 19.5. The molecule has 32 heavy (non-hydrogen) atoms. The maximum absolute atomic E-state index is 13.5. The highest BCUT2D eigenvalue weighted by Gasteiger charge is 2.31. The summed E-state index contributed by atoms with van der Waals surface area (Å²) in [5, 5.41) is 0.650. The van der Waals surface area contributed by atoms with Gasteiger partial charge < -0.3 is 9.30 Å². The number of morpholine rings is 1. The maximum atomic E-state index is 13.5. The molecule has 2 fully saturated rings. The third-order valence-corrected chi connectivity index (χ3v) is 8.61. The molecule has 8 nitrogen and oxygen atoms in total. The molecule has 3 heterocycles. The van der Waals surface area contributed by atoms with Crippen molar-refractivity contribution in [2.45, 2.75) is 25.2 Å². The van der Waals surface area contributed by atoms with Crippen LogP contribution in [0.1, 0.15) is 28.0 Å². The first-order valence-corrected chi connectivity index (χ1v) is 13.1. The molecule has 0 aliphatic carbocycles. The van der Waals surface area contributed by atoms with Crippen LogP contribution in [-0.4, -0.2) is 71.9 Å². The fourth-order valence-electron chi connectivity index (χ4n) is 3.88. The van der Waals surface area contributed by atoms with Gasteiger partial charge in [0.15, 0.2) is 5.17 Å². The van der Waals surface area contributed by atoms with Crippen LogP contribution < -0.4 is 0 Å². The number of hydrogen-bond donors (Lipinski definition) is 0. The third-order valence-electron chi connectivity index (χ3n) is 5.69. The van der Waals surface area contributed by atoms with E-state index in [9.17, 15) is 13.2 Å². The second kappa shape index (κ2) is 9.38. The van der Waals surface area contributed by atoms with Gasteiger partial charge in [-0.15, -0.1) is 0 Å². The predicted molar refractivity (Wildman–Crippen MR) is 126 cm³/mol. The van der Waals surface area contributed by atoms with E-state index in [1.54, 1.807) is 28.3 Å². The Bertz CT molecular complexity index is 1130. The number of aliphatic imine (C=N–C) groups is 1. The fraction of sp³-hybridized carbons (Fsp3) is 0.455. The molecule has 1 amide bonds. The number of amides is 1. The molecule has 1 aromatic heterocycles. The second-order valence-electron chi connectivity index (χ2n) is 7.98. The number of amidine groups is 1. The fourth-order valence-corrected chi connectivity index (χ4v) is 6.30. The van der Waals surface area contributed by atoms with Gasteiger partial charge in [-0.25, -0.2) is 13.4 Å². The van der Waals surface area contributed by atoms with E-state index in [-0.39, 0.29) is 10.8 Å². The highest BCUT2D eigenvalue weighted by Crippen LogP contribution is 2.29. The summed E-state index contributed by atoms with van der Waals surface area (Å²) >= 11 is 1.55. The van der Waals surface area contributed by atoms with Gasteiger partial charge in [0.2, 0.25) is 10.0 Å². The number of ether oxygens (including phenoxy) is 1. The van der Waals surface area contributed by atoms with Crippen LogP contribution in [0.25, 0.3) is 0 Å². The molecule has 0 bridgehead atoms. The average Bonchev–Trinajstić information content (AvgIpc) is 3.19. The standard InChI is InChI=1S/C22H28N4O4S2/c1-16-6-4-7-17(2)20(16)23-22-26(8-5-13-31-22)21(27)19-14-18(15-24(19)3)32(28,29)25-9-11-30-12-10-25/h4,6-7,14-15H,5,8-13H2,1-3H3. The lowest BCUT2D eigenvalue weighted by Gasteiger charge is -2.28. The van der Waals surface area contributed by atoms with Gasteiger partial charge in [-0.2, -0.15) is 4.31 Å². The Morgan fingerprint density at radius 3 is 2.50 bits per heavy atom. The topological polar surface area (TPSA) is 84.2 Å². The number of carbonyl (C=O) groups is 1. The Morgan fingerprint density at radius 1 is 1.12 bits per heavy atom. The van der Waals surface area contributed by atoms with Crippen LogP contribution in [0.15, 0.2) is 40.4 Å². The zero-order valence-corrected chi connectivity index (χ0v) is 20.2. The molecule has 0 saturated carbocycles.